The molecule has 0 amide bonds. The van der Waals surface area contributed by atoms with Crippen molar-refractivity contribution in [2.75, 3.05) is 13.3 Å². The van der Waals surface area contributed by atoms with E-state index < -0.39 is 0 Å². The molecule has 2 aliphatic rings. The van der Waals surface area contributed by atoms with E-state index in [1.165, 1.54) is 0 Å². The summed E-state index contributed by atoms with van der Waals surface area (Å²) in [7, 11) is 0. The van der Waals surface area contributed by atoms with E-state index in [0.29, 0.717) is 6.61 Å². The molecule has 0 radical (unpaired) electrons. The summed E-state index contributed by atoms with van der Waals surface area (Å²) in [5.41, 5.74) is 1.02. The molecule has 2 aliphatic heterocycles. The first-order valence-electron chi connectivity index (χ1n) is 3.27. The van der Waals surface area contributed by atoms with Gasteiger partial charge >= 0.3 is 0 Å². The molecule has 2 heterocycles. The zero-order valence-electron chi connectivity index (χ0n) is 5.50. The summed E-state index contributed by atoms with van der Waals surface area (Å²) < 4.78 is 5.34. The van der Waals surface area contributed by atoms with Crippen LogP contribution in [0.3, 0.4) is 0 Å². The number of ether oxygens (including phenoxy) is 1. The summed E-state index contributed by atoms with van der Waals surface area (Å²) in [5, 5.41) is 6.23. The molecule has 4 nitrogen and oxygen atoms in total. The minimum absolute atomic E-state index is 0.0301. The molecule has 0 aromatic carbocycles. The summed E-state index contributed by atoms with van der Waals surface area (Å²) in [5.74, 6) is 0. The average Bonchev–Trinajstić information content (AvgIpc) is 2.28. The molecule has 1 atom stereocenters. The lowest BCUT2D eigenvalue weighted by Crippen LogP contribution is -2.25. The lowest BCUT2D eigenvalue weighted by Gasteiger charge is -2.07. The second kappa shape index (κ2) is 2.40. The van der Waals surface area contributed by atoms with E-state index in [1.807, 2.05) is 0 Å². The molecule has 2 N–H and O–H groups in total. The molecule has 0 saturated carbocycles. The van der Waals surface area contributed by atoms with Crippen LogP contribution in [-0.4, -0.2) is 25.7 Å². The molecule has 0 aromatic heterocycles. The SMILES string of the molecule is C1=NC=C2NCNC2OC1. The maximum Gasteiger partial charge on any atom is 0.152 e. The molecule has 54 valence electrons. The Morgan fingerprint density at radius 3 is 3.70 bits per heavy atom. The third-order valence-electron chi connectivity index (χ3n) is 1.52. The predicted octanol–water partition coefficient (Wildman–Crippen LogP) is -0.595. The Bertz CT molecular complexity index is 187. The Labute approximate surface area is 59.0 Å². The zero-order chi connectivity index (χ0) is 6.81. The van der Waals surface area contributed by atoms with Gasteiger partial charge in [-0.15, -0.1) is 0 Å². The van der Waals surface area contributed by atoms with Gasteiger partial charge < -0.3 is 10.1 Å². The van der Waals surface area contributed by atoms with Gasteiger partial charge in [-0.25, -0.2) is 0 Å². The maximum atomic E-state index is 5.34. The van der Waals surface area contributed by atoms with E-state index >= 15 is 0 Å². The number of fused-ring (bicyclic) bond motifs is 1. The Kier molecular flexibility index (Phi) is 1.41. The second-order valence-corrected chi connectivity index (χ2v) is 2.19. The highest BCUT2D eigenvalue weighted by atomic mass is 16.5. The van der Waals surface area contributed by atoms with E-state index in [1.54, 1.807) is 12.4 Å². The van der Waals surface area contributed by atoms with Crippen molar-refractivity contribution in [3.05, 3.63) is 11.9 Å². The number of nitrogens with one attached hydrogen (secondary N) is 2. The van der Waals surface area contributed by atoms with Crippen LogP contribution in [0.25, 0.3) is 0 Å². The predicted molar refractivity (Wildman–Crippen MR) is 37.5 cm³/mol. The first kappa shape index (κ1) is 5.88. The highest BCUT2D eigenvalue weighted by molar-refractivity contribution is 5.60. The minimum atomic E-state index is 0.0301. The fourth-order valence-electron chi connectivity index (χ4n) is 1.03. The molecule has 1 saturated heterocycles. The summed E-state index contributed by atoms with van der Waals surface area (Å²) in [6.07, 6.45) is 3.56. The van der Waals surface area contributed by atoms with Crippen LogP contribution >= 0.6 is 0 Å². The average molecular weight is 139 g/mol. The summed E-state index contributed by atoms with van der Waals surface area (Å²) in [4.78, 5) is 4.00. The van der Waals surface area contributed by atoms with Crippen LogP contribution in [0.2, 0.25) is 0 Å². The van der Waals surface area contributed by atoms with Crippen LogP contribution in [0.4, 0.5) is 0 Å². The standard InChI is InChI=1S/C6H9N3O/c1-2-10-6-5(3-7-1)8-4-9-6/h1,3,6,8-9H,2,4H2. The van der Waals surface area contributed by atoms with Gasteiger partial charge in [-0.1, -0.05) is 0 Å². The number of nitrogens with zero attached hydrogens (tertiary/aromatic N) is 1. The van der Waals surface area contributed by atoms with Crippen molar-refractivity contribution in [1.29, 1.82) is 0 Å². The highest BCUT2D eigenvalue weighted by Gasteiger charge is 2.20. The second-order valence-electron chi connectivity index (χ2n) is 2.19. The van der Waals surface area contributed by atoms with Gasteiger partial charge in [-0.3, -0.25) is 10.3 Å². The third-order valence-corrected chi connectivity index (χ3v) is 1.52. The Morgan fingerprint density at radius 2 is 2.70 bits per heavy atom. The van der Waals surface area contributed by atoms with Gasteiger partial charge in [0.25, 0.3) is 0 Å². The normalized spacial score (nSPS) is 30.4. The van der Waals surface area contributed by atoms with Gasteiger partial charge in [-0.05, 0) is 0 Å². The monoisotopic (exact) mass is 139 g/mol. The maximum absolute atomic E-state index is 5.34. The largest absolute Gasteiger partial charge is 0.371 e. The van der Waals surface area contributed by atoms with Gasteiger partial charge in [0.2, 0.25) is 0 Å². The zero-order valence-corrected chi connectivity index (χ0v) is 5.50. The van der Waals surface area contributed by atoms with E-state index in [2.05, 4.69) is 15.6 Å². The van der Waals surface area contributed by atoms with E-state index in [-0.39, 0.29) is 6.23 Å². The van der Waals surface area contributed by atoms with Gasteiger partial charge in [-0.2, -0.15) is 0 Å². The van der Waals surface area contributed by atoms with Crippen LogP contribution in [0.15, 0.2) is 16.9 Å². The minimum Gasteiger partial charge on any atom is -0.371 e. The fourth-order valence-corrected chi connectivity index (χ4v) is 1.03. The van der Waals surface area contributed by atoms with E-state index in [9.17, 15) is 0 Å². The van der Waals surface area contributed by atoms with Crippen molar-refractivity contribution in [2.45, 2.75) is 6.23 Å². The molecule has 0 aliphatic carbocycles. The van der Waals surface area contributed by atoms with Gasteiger partial charge in [0.05, 0.1) is 19.0 Å². The Morgan fingerprint density at radius 1 is 1.70 bits per heavy atom. The van der Waals surface area contributed by atoms with Crippen molar-refractivity contribution in [3.63, 3.8) is 0 Å². The van der Waals surface area contributed by atoms with Crippen molar-refractivity contribution in [2.24, 2.45) is 4.99 Å². The van der Waals surface area contributed by atoms with E-state index in [4.69, 9.17) is 4.74 Å². The van der Waals surface area contributed by atoms with Gasteiger partial charge in [0, 0.05) is 12.4 Å². The molecule has 0 aromatic rings. The quantitative estimate of drug-likeness (QED) is 0.471. The van der Waals surface area contributed by atoms with E-state index in [0.717, 1.165) is 12.4 Å². The van der Waals surface area contributed by atoms with Crippen molar-refractivity contribution in [3.8, 4) is 0 Å². The number of hydrogen-bond acceptors (Lipinski definition) is 4. The highest BCUT2D eigenvalue weighted by Crippen LogP contribution is 2.07. The lowest BCUT2D eigenvalue weighted by atomic mass is 10.4. The summed E-state index contributed by atoms with van der Waals surface area (Å²) in [6, 6.07) is 0. The molecule has 0 spiro atoms. The number of aliphatic imine (C=N–C) groups is 1. The van der Waals surface area contributed by atoms with Crippen LogP contribution in [0.5, 0.6) is 0 Å². The van der Waals surface area contributed by atoms with Crippen LogP contribution in [-0.2, 0) is 4.74 Å². The molecule has 4 heteroatoms. The Balaban J connectivity index is 2.18. The van der Waals surface area contributed by atoms with Gasteiger partial charge in [0.15, 0.2) is 6.23 Å². The smallest absolute Gasteiger partial charge is 0.152 e. The molecular weight excluding hydrogens is 130 g/mol. The first-order valence-corrected chi connectivity index (χ1v) is 3.27. The molecular formula is C6H9N3O. The Hall–Kier alpha value is -0.870. The first-order chi connectivity index (χ1) is 4.97. The van der Waals surface area contributed by atoms with Gasteiger partial charge in [0.1, 0.15) is 0 Å². The summed E-state index contributed by atoms with van der Waals surface area (Å²) in [6.45, 7) is 1.35. The van der Waals surface area contributed by atoms with Crippen LogP contribution in [0.1, 0.15) is 0 Å². The topological polar surface area (TPSA) is 45.7 Å². The number of hydrogen-bond donors (Lipinski definition) is 2. The lowest BCUT2D eigenvalue weighted by molar-refractivity contribution is 0.0998. The molecule has 2 rings (SSSR count). The van der Waals surface area contributed by atoms with Crippen LogP contribution in [0, 0.1) is 0 Å². The number of rotatable bonds is 0. The van der Waals surface area contributed by atoms with Crippen molar-refractivity contribution < 1.29 is 4.74 Å². The van der Waals surface area contributed by atoms with Crippen molar-refractivity contribution in [1.82, 2.24) is 10.6 Å². The molecule has 0 bridgehead atoms. The fraction of sp³-hybridized carbons (Fsp3) is 0.500. The molecule has 1 unspecified atom stereocenters. The summed E-state index contributed by atoms with van der Waals surface area (Å²) >= 11 is 0. The van der Waals surface area contributed by atoms with Crippen LogP contribution < -0.4 is 10.6 Å². The molecule has 10 heavy (non-hydrogen) atoms. The molecule has 1 fully saturated rings. The van der Waals surface area contributed by atoms with Crippen molar-refractivity contribution >= 4 is 6.21 Å². The third kappa shape index (κ3) is 0.913.